The molecule has 0 aliphatic carbocycles. The molecule has 0 spiro atoms. The van der Waals surface area contributed by atoms with Crippen molar-refractivity contribution in [1.29, 1.82) is 0 Å². The largest absolute Gasteiger partial charge is 0.490 e. The average molecular weight is 441 g/mol. The van der Waals surface area contributed by atoms with E-state index in [1.54, 1.807) is 17.0 Å². The van der Waals surface area contributed by atoms with Gasteiger partial charge in [-0.1, -0.05) is 18.5 Å². The summed E-state index contributed by atoms with van der Waals surface area (Å²) < 4.78 is 46.9. The smallest absolute Gasteiger partial charge is 0.261 e. The number of nitrogens with one attached hydrogen (secondary N) is 1. The number of hydrogen-bond donors (Lipinski definition) is 1. The van der Waals surface area contributed by atoms with Gasteiger partial charge in [0.25, 0.3) is 10.0 Å². The summed E-state index contributed by atoms with van der Waals surface area (Å²) >= 11 is 5.70. The molecule has 3 rings (SSSR count). The number of ether oxygens (including phenoxy) is 1. The monoisotopic (exact) mass is 440 g/mol. The van der Waals surface area contributed by atoms with Crippen molar-refractivity contribution in [2.24, 2.45) is 5.41 Å². The van der Waals surface area contributed by atoms with E-state index in [1.165, 1.54) is 6.07 Å². The number of hydrogen-bond acceptors (Lipinski definition) is 4. The summed E-state index contributed by atoms with van der Waals surface area (Å²) in [5.74, 6) is -0.338. The molecule has 1 N–H and O–H groups in total. The van der Waals surface area contributed by atoms with Crippen LogP contribution in [0.2, 0.25) is 5.02 Å². The van der Waals surface area contributed by atoms with Crippen LogP contribution in [0.5, 0.6) is 5.75 Å². The average Bonchev–Trinajstić information content (AvgIpc) is 2.74. The topological polar surface area (TPSA) is 75.7 Å². The third kappa shape index (κ3) is 4.33. The van der Waals surface area contributed by atoms with Crippen LogP contribution in [0, 0.1) is 11.2 Å². The molecule has 0 bridgehead atoms. The zero-order valence-corrected chi connectivity index (χ0v) is 17.9. The molecule has 1 aliphatic rings. The second-order valence-corrected chi connectivity index (χ2v) is 9.58. The summed E-state index contributed by atoms with van der Waals surface area (Å²) in [6.45, 7) is 6.29. The minimum Gasteiger partial charge on any atom is -0.490 e. The first kappa shape index (κ1) is 21.4. The van der Waals surface area contributed by atoms with Crippen LogP contribution in [0.15, 0.2) is 41.3 Å². The van der Waals surface area contributed by atoms with E-state index in [0.717, 1.165) is 24.6 Å². The zero-order chi connectivity index (χ0) is 21.4. The minimum absolute atomic E-state index is 0.0487. The molecular formula is C20H22ClFN2O4S. The molecule has 156 valence electrons. The van der Waals surface area contributed by atoms with Crippen LogP contribution in [0.25, 0.3) is 0 Å². The van der Waals surface area contributed by atoms with Crippen LogP contribution in [0.4, 0.5) is 15.8 Å². The lowest BCUT2D eigenvalue weighted by Gasteiger charge is -2.27. The van der Waals surface area contributed by atoms with E-state index < -0.39 is 21.3 Å². The standard InChI is InChI=1S/C20H22ClFN2O4S/c1-4-9-24-17-8-5-13(10-18(17)28-12-20(2,3)19(24)25)23-29(26,27)14-6-7-16(22)15(21)11-14/h5-8,10-11,23H,4,9,12H2,1-3H3. The van der Waals surface area contributed by atoms with Crippen LogP contribution in [0.3, 0.4) is 0 Å². The molecule has 0 atom stereocenters. The molecule has 1 heterocycles. The minimum atomic E-state index is -3.98. The van der Waals surface area contributed by atoms with Gasteiger partial charge in [0.2, 0.25) is 5.91 Å². The molecule has 0 saturated heterocycles. The quantitative estimate of drug-likeness (QED) is 0.745. The van der Waals surface area contributed by atoms with E-state index in [4.69, 9.17) is 16.3 Å². The van der Waals surface area contributed by atoms with Gasteiger partial charge >= 0.3 is 0 Å². The molecule has 9 heteroatoms. The molecule has 0 saturated carbocycles. The molecule has 1 amide bonds. The number of nitrogens with zero attached hydrogens (tertiary/aromatic N) is 1. The summed E-state index contributed by atoms with van der Waals surface area (Å²) in [7, 11) is -3.98. The van der Waals surface area contributed by atoms with Crippen LogP contribution in [0.1, 0.15) is 27.2 Å². The van der Waals surface area contributed by atoms with Gasteiger partial charge in [-0.05, 0) is 50.6 Å². The highest BCUT2D eigenvalue weighted by molar-refractivity contribution is 7.92. The predicted octanol–water partition coefficient (Wildman–Crippen LogP) is 4.44. The Balaban J connectivity index is 1.95. The van der Waals surface area contributed by atoms with Crippen molar-refractivity contribution in [3.63, 3.8) is 0 Å². The van der Waals surface area contributed by atoms with Gasteiger partial charge < -0.3 is 9.64 Å². The summed E-state index contributed by atoms with van der Waals surface area (Å²) in [4.78, 5) is 14.4. The highest BCUT2D eigenvalue weighted by Crippen LogP contribution is 2.38. The van der Waals surface area contributed by atoms with Crippen molar-refractivity contribution in [2.45, 2.75) is 32.1 Å². The van der Waals surface area contributed by atoms with Gasteiger partial charge in [0, 0.05) is 12.6 Å². The van der Waals surface area contributed by atoms with Crippen molar-refractivity contribution >= 4 is 38.9 Å². The van der Waals surface area contributed by atoms with Gasteiger partial charge in [-0.15, -0.1) is 0 Å². The second kappa shape index (κ2) is 7.84. The Morgan fingerprint density at radius 1 is 1.24 bits per heavy atom. The van der Waals surface area contributed by atoms with E-state index in [9.17, 15) is 17.6 Å². The molecule has 2 aromatic rings. The van der Waals surface area contributed by atoms with E-state index in [2.05, 4.69) is 4.72 Å². The Hall–Kier alpha value is -2.32. The maximum absolute atomic E-state index is 13.3. The lowest BCUT2D eigenvalue weighted by molar-refractivity contribution is -0.127. The van der Waals surface area contributed by atoms with Gasteiger partial charge in [0.05, 0.1) is 26.7 Å². The van der Waals surface area contributed by atoms with Crippen molar-refractivity contribution in [1.82, 2.24) is 0 Å². The van der Waals surface area contributed by atoms with E-state index in [-0.39, 0.29) is 28.1 Å². The number of anilines is 2. The normalized spacial score (nSPS) is 16.0. The summed E-state index contributed by atoms with van der Waals surface area (Å²) in [5, 5.41) is -0.283. The number of carbonyl (C=O) groups is 1. The third-order valence-corrected chi connectivity index (χ3v) is 6.23. The fourth-order valence-corrected chi connectivity index (χ4v) is 4.34. The zero-order valence-electron chi connectivity index (χ0n) is 16.3. The first-order valence-corrected chi connectivity index (χ1v) is 11.0. The SMILES string of the molecule is CCCN1C(=O)C(C)(C)COc2cc(NS(=O)(=O)c3ccc(F)c(Cl)c3)ccc21. The predicted molar refractivity (Wildman–Crippen MR) is 111 cm³/mol. The highest BCUT2D eigenvalue weighted by Gasteiger charge is 2.37. The van der Waals surface area contributed by atoms with Crippen molar-refractivity contribution < 1.29 is 22.3 Å². The molecule has 0 unspecified atom stereocenters. The fraction of sp³-hybridized carbons (Fsp3) is 0.350. The van der Waals surface area contributed by atoms with Gasteiger partial charge in [0.15, 0.2) is 0 Å². The summed E-state index contributed by atoms with van der Waals surface area (Å²) in [6.07, 6.45) is 0.765. The van der Waals surface area contributed by atoms with Crippen LogP contribution < -0.4 is 14.4 Å². The Morgan fingerprint density at radius 2 is 1.97 bits per heavy atom. The van der Waals surface area contributed by atoms with Crippen LogP contribution >= 0.6 is 11.6 Å². The molecule has 1 aliphatic heterocycles. The Morgan fingerprint density at radius 3 is 2.62 bits per heavy atom. The maximum atomic E-state index is 13.3. The lowest BCUT2D eigenvalue weighted by atomic mass is 9.93. The second-order valence-electron chi connectivity index (χ2n) is 7.49. The Kier molecular flexibility index (Phi) is 5.78. The third-order valence-electron chi connectivity index (χ3n) is 4.56. The lowest BCUT2D eigenvalue weighted by Crippen LogP contribution is -2.42. The molecule has 6 nitrogen and oxygen atoms in total. The van der Waals surface area contributed by atoms with E-state index in [1.807, 2.05) is 20.8 Å². The Bertz CT molecular complexity index is 1060. The van der Waals surface area contributed by atoms with Crippen molar-refractivity contribution in [3.05, 3.63) is 47.2 Å². The molecule has 0 aromatic heterocycles. The van der Waals surface area contributed by atoms with Gasteiger partial charge in [-0.25, -0.2) is 12.8 Å². The van der Waals surface area contributed by atoms with E-state index >= 15 is 0 Å². The number of fused-ring (bicyclic) bond motifs is 1. The number of amides is 1. The first-order valence-electron chi connectivity index (χ1n) is 9.12. The maximum Gasteiger partial charge on any atom is 0.261 e. The molecule has 29 heavy (non-hydrogen) atoms. The summed E-state index contributed by atoms with van der Waals surface area (Å²) in [6, 6.07) is 7.92. The molecule has 2 aromatic carbocycles. The van der Waals surface area contributed by atoms with Crippen LogP contribution in [-0.2, 0) is 14.8 Å². The van der Waals surface area contributed by atoms with Gasteiger partial charge in [-0.2, -0.15) is 0 Å². The number of benzene rings is 2. The number of rotatable bonds is 5. The van der Waals surface area contributed by atoms with Gasteiger partial charge in [0.1, 0.15) is 18.2 Å². The molecule has 0 fully saturated rings. The van der Waals surface area contributed by atoms with Crippen molar-refractivity contribution in [2.75, 3.05) is 22.8 Å². The number of carbonyl (C=O) groups excluding carboxylic acids is 1. The highest BCUT2D eigenvalue weighted by atomic mass is 35.5. The number of sulfonamides is 1. The number of halogens is 2. The van der Waals surface area contributed by atoms with Gasteiger partial charge in [-0.3, -0.25) is 9.52 Å². The van der Waals surface area contributed by atoms with Crippen molar-refractivity contribution in [3.8, 4) is 5.75 Å². The Labute approximate surface area is 174 Å². The molecule has 0 radical (unpaired) electrons. The first-order chi connectivity index (χ1) is 13.5. The fourth-order valence-electron chi connectivity index (χ4n) is 3.01. The van der Waals surface area contributed by atoms with Crippen LogP contribution in [-0.4, -0.2) is 27.5 Å². The summed E-state index contributed by atoms with van der Waals surface area (Å²) in [5.41, 5.74) is 0.140. The van der Waals surface area contributed by atoms with E-state index in [0.29, 0.717) is 18.0 Å². The molecular weight excluding hydrogens is 419 g/mol.